The van der Waals surface area contributed by atoms with Crippen molar-refractivity contribution in [1.82, 2.24) is 4.98 Å². The fraction of sp³-hybridized carbons (Fsp3) is 0.700. The molecule has 4 nitrogen and oxygen atoms in total. The Bertz CT molecular complexity index is 453. The van der Waals surface area contributed by atoms with Gasteiger partial charge in [0.1, 0.15) is 0 Å². The summed E-state index contributed by atoms with van der Waals surface area (Å²) in [5.41, 5.74) is 1.09. The number of nitrogens with one attached hydrogen (secondary N) is 1. The quantitative estimate of drug-likeness (QED) is 0.892. The molecule has 0 bridgehead atoms. The van der Waals surface area contributed by atoms with Gasteiger partial charge in [0.2, 0.25) is 0 Å². The van der Waals surface area contributed by atoms with Gasteiger partial charge in [-0.05, 0) is 18.8 Å². The molecule has 1 aromatic rings. The second-order valence-electron chi connectivity index (χ2n) is 4.15. The van der Waals surface area contributed by atoms with Crippen molar-refractivity contribution in [3.63, 3.8) is 0 Å². The number of aromatic nitrogens is 1. The van der Waals surface area contributed by atoms with Gasteiger partial charge in [-0.3, -0.25) is 0 Å². The third-order valence-corrected chi connectivity index (χ3v) is 5.47. The van der Waals surface area contributed by atoms with Crippen LogP contribution in [0, 0.1) is 5.92 Å². The van der Waals surface area contributed by atoms with Crippen molar-refractivity contribution in [2.45, 2.75) is 19.8 Å². The fourth-order valence-corrected chi connectivity index (χ4v) is 4.48. The van der Waals surface area contributed by atoms with E-state index in [1.165, 1.54) is 0 Å². The van der Waals surface area contributed by atoms with E-state index >= 15 is 0 Å². The number of thiazole rings is 1. The molecule has 0 amide bonds. The molecule has 0 aromatic carbocycles. The van der Waals surface area contributed by atoms with Gasteiger partial charge >= 0.3 is 0 Å². The van der Waals surface area contributed by atoms with Crippen molar-refractivity contribution in [3.8, 4) is 0 Å². The summed E-state index contributed by atoms with van der Waals surface area (Å²) in [6, 6.07) is 0. The molecular formula is C10H16N2O2S2. The van der Waals surface area contributed by atoms with E-state index in [-0.39, 0.29) is 5.92 Å². The van der Waals surface area contributed by atoms with Crippen LogP contribution in [-0.4, -0.2) is 31.5 Å². The van der Waals surface area contributed by atoms with Crippen molar-refractivity contribution in [1.29, 1.82) is 0 Å². The van der Waals surface area contributed by atoms with Crippen LogP contribution in [0.4, 0.5) is 5.13 Å². The molecule has 1 saturated heterocycles. The predicted octanol–water partition coefficient (Wildman–Crippen LogP) is 1.55. The number of nitrogens with zero attached hydrogens (tertiary/aromatic N) is 1. The Morgan fingerprint density at radius 3 is 3.00 bits per heavy atom. The molecule has 0 radical (unpaired) electrons. The van der Waals surface area contributed by atoms with Gasteiger partial charge in [0.05, 0.1) is 17.2 Å². The molecule has 1 N–H and O–H groups in total. The van der Waals surface area contributed by atoms with Crippen LogP contribution in [-0.2, 0) is 16.3 Å². The number of aryl methyl sites for hydroxylation is 1. The lowest BCUT2D eigenvalue weighted by Crippen LogP contribution is -2.15. The Morgan fingerprint density at radius 1 is 1.62 bits per heavy atom. The van der Waals surface area contributed by atoms with Gasteiger partial charge in [-0.1, -0.05) is 6.92 Å². The van der Waals surface area contributed by atoms with Crippen molar-refractivity contribution >= 4 is 26.3 Å². The van der Waals surface area contributed by atoms with Crippen molar-refractivity contribution < 1.29 is 8.42 Å². The normalized spacial score (nSPS) is 23.4. The monoisotopic (exact) mass is 260 g/mol. The molecule has 1 fully saturated rings. The van der Waals surface area contributed by atoms with E-state index in [0.717, 1.165) is 30.2 Å². The highest BCUT2D eigenvalue weighted by Crippen LogP contribution is 2.21. The average Bonchev–Trinajstić information content (AvgIpc) is 2.81. The van der Waals surface area contributed by atoms with Gasteiger partial charge < -0.3 is 5.32 Å². The lowest BCUT2D eigenvalue weighted by molar-refractivity contribution is 0.596. The van der Waals surface area contributed by atoms with Crippen LogP contribution in [0.2, 0.25) is 0 Å². The van der Waals surface area contributed by atoms with E-state index < -0.39 is 9.84 Å². The molecular weight excluding hydrogens is 244 g/mol. The van der Waals surface area contributed by atoms with Crippen LogP contribution in [0.15, 0.2) is 5.38 Å². The maximum atomic E-state index is 11.3. The molecule has 1 unspecified atom stereocenters. The van der Waals surface area contributed by atoms with Crippen LogP contribution >= 0.6 is 11.3 Å². The summed E-state index contributed by atoms with van der Waals surface area (Å²) in [7, 11) is -2.76. The first-order chi connectivity index (χ1) is 7.59. The third kappa shape index (κ3) is 2.95. The summed E-state index contributed by atoms with van der Waals surface area (Å²) in [5, 5.41) is 6.16. The van der Waals surface area contributed by atoms with E-state index in [1.54, 1.807) is 11.3 Å². The highest BCUT2D eigenvalue weighted by molar-refractivity contribution is 7.91. The molecule has 90 valence electrons. The third-order valence-electron chi connectivity index (χ3n) is 2.78. The maximum Gasteiger partial charge on any atom is 0.182 e. The fourth-order valence-electron chi connectivity index (χ4n) is 1.82. The minimum Gasteiger partial charge on any atom is -0.361 e. The standard InChI is InChI=1S/C10H16N2O2S2/c1-2-9-6-15-10(12-9)11-5-8-3-4-16(13,14)7-8/h6,8H,2-5,7H2,1H3,(H,11,12). The number of hydrogen-bond acceptors (Lipinski definition) is 5. The first-order valence-corrected chi connectivity index (χ1v) is 8.18. The number of rotatable bonds is 4. The molecule has 0 spiro atoms. The summed E-state index contributed by atoms with van der Waals surface area (Å²) in [5.74, 6) is 0.919. The Balaban J connectivity index is 1.84. The molecule has 16 heavy (non-hydrogen) atoms. The summed E-state index contributed by atoms with van der Waals surface area (Å²) in [6.45, 7) is 2.79. The molecule has 1 aromatic heterocycles. The van der Waals surface area contributed by atoms with Gasteiger partial charge in [-0.2, -0.15) is 0 Å². The van der Waals surface area contributed by atoms with E-state index in [2.05, 4.69) is 17.2 Å². The highest BCUT2D eigenvalue weighted by atomic mass is 32.2. The van der Waals surface area contributed by atoms with Crippen LogP contribution in [0.25, 0.3) is 0 Å². The Hall–Kier alpha value is -0.620. The molecule has 1 aliphatic rings. The number of hydrogen-bond donors (Lipinski definition) is 1. The van der Waals surface area contributed by atoms with Gasteiger partial charge in [0.15, 0.2) is 15.0 Å². The second kappa shape index (κ2) is 4.71. The first-order valence-electron chi connectivity index (χ1n) is 5.48. The maximum absolute atomic E-state index is 11.3. The Labute approximate surface area is 100 Å². The zero-order chi connectivity index (χ0) is 11.6. The van der Waals surface area contributed by atoms with Crippen LogP contribution in [0.3, 0.4) is 0 Å². The van der Waals surface area contributed by atoms with Crippen LogP contribution < -0.4 is 5.32 Å². The van der Waals surface area contributed by atoms with E-state index in [1.807, 2.05) is 5.38 Å². The number of sulfone groups is 1. The second-order valence-corrected chi connectivity index (χ2v) is 7.23. The molecule has 0 aliphatic carbocycles. The Morgan fingerprint density at radius 2 is 2.44 bits per heavy atom. The Kier molecular flexibility index (Phi) is 3.49. The van der Waals surface area contributed by atoms with Gasteiger partial charge in [0, 0.05) is 11.9 Å². The molecule has 2 rings (SSSR count). The summed E-state index contributed by atoms with van der Waals surface area (Å²) < 4.78 is 22.5. The van der Waals surface area contributed by atoms with Gasteiger partial charge in [0.25, 0.3) is 0 Å². The van der Waals surface area contributed by atoms with E-state index in [0.29, 0.717) is 11.5 Å². The van der Waals surface area contributed by atoms with Gasteiger partial charge in [-0.25, -0.2) is 13.4 Å². The molecule has 0 saturated carbocycles. The summed E-state index contributed by atoms with van der Waals surface area (Å²) >= 11 is 1.59. The molecule has 2 heterocycles. The predicted molar refractivity (Wildman–Crippen MR) is 66.7 cm³/mol. The van der Waals surface area contributed by atoms with Crippen molar-refractivity contribution in [2.75, 3.05) is 23.4 Å². The van der Waals surface area contributed by atoms with Crippen LogP contribution in [0.1, 0.15) is 19.0 Å². The number of anilines is 1. The van der Waals surface area contributed by atoms with Crippen LogP contribution in [0.5, 0.6) is 0 Å². The smallest absolute Gasteiger partial charge is 0.182 e. The zero-order valence-corrected chi connectivity index (χ0v) is 10.9. The summed E-state index contributed by atoms with van der Waals surface area (Å²) in [4.78, 5) is 4.38. The average molecular weight is 260 g/mol. The van der Waals surface area contributed by atoms with Crippen molar-refractivity contribution in [3.05, 3.63) is 11.1 Å². The van der Waals surface area contributed by atoms with E-state index in [9.17, 15) is 8.42 Å². The molecule has 1 atom stereocenters. The van der Waals surface area contributed by atoms with Crippen molar-refractivity contribution in [2.24, 2.45) is 5.92 Å². The minimum absolute atomic E-state index is 0.249. The highest BCUT2D eigenvalue weighted by Gasteiger charge is 2.27. The lowest BCUT2D eigenvalue weighted by Gasteiger charge is -2.07. The SMILES string of the molecule is CCc1csc(NCC2CCS(=O)(=O)C2)n1. The topological polar surface area (TPSA) is 59.1 Å². The minimum atomic E-state index is -2.76. The molecule has 1 aliphatic heterocycles. The molecule has 6 heteroatoms. The first kappa shape index (κ1) is 11.9. The summed E-state index contributed by atoms with van der Waals surface area (Å²) in [6.07, 6.45) is 1.72. The van der Waals surface area contributed by atoms with E-state index in [4.69, 9.17) is 0 Å². The zero-order valence-electron chi connectivity index (χ0n) is 9.27. The van der Waals surface area contributed by atoms with Gasteiger partial charge in [-0.15, -0.1) is 11.3 Å². The largest absolute Gasteiger partial charge is 0.361 e. The lowest BCUT2D eigenvalue weighted by atomic mass is 10.1.